The SMILES string of the molecule is C.CCCC(NC(=O)[C@@H]1CC2(CN1)SCCCS2)C(O)C(=O)NCC(=O)N[C@@H](C)C(C)=O.CCCC(NC(=O)[C@@H]1CC2(CN1C)SCCCS2)C(O)C(=O)NCC(=O)N[C@@H](C)C(C)=O.Cl. The fourth-order valence-electron chi connectivity index (χ4n) is 7.38. The van der Waals surface area contributed by atoms with Crippen molar-refractivity contribution in [2.24, 2.45) is 0 Å². The van der Waals surface area contributed by atoms with Crippen LogP contribution in [0.15, 0.2) is 0 Å². The number of nitrogens with one attached hydrogen (secondary N) is 7. The highest BCUT2D eigenvalue weighted by Gasteiger charge is 2.48. The summed E-state index contributed by atoms with van der Waals surface area (Å²) in [6.45, 7) is 10.5. The van der Waals surface area contributed by atoms with E-state index in [1.807, 2.05) is 67.9 Å². The zero-order chi connectivity index (χ0) is 46.9. The number of rotatable bonds is 20. The van der Waals surface area contributed by atoms with Gasteiger partial charge in [-0.05, 0) is 96.3 Å². The molecule has 4 aliphatic heterocycles. The predicted octanol–water partition coefficient (Wildman–Crippen LogP) is 0.941. The topological polar surface area (TPSA) is 264 Å². The molecule has 23 heteroatoms. The highest BCUT2D eigenvalue weighted by atomic mass is 35.5. The Kier molecular flexibility index (Phi) is 27.6. The standard InChI is InChI=1S/C21H36N4O5S2.C20H34N4O5S2.CH4.ClH/c1-5-7-15(18(28)20(30)22-11-17(27)23-13(2)14(3)26)24-19(29)16-10-21(12-25(16)4)31-8-6-9-32-21;1-4-6-14(17(27)19(29)21-10-16(26)23-12(2)13(3)25)24-18(28)15-9-20(11-22-15)30-7-5-8-31-20;;/h13,15-16,18,28H,5-12H2,1-4H3,(H,22,30)(H,23,27)(H,24,29);12,14-15,17,22,27H,4-11H2,1-3H3,(H,21,29)(H,23,26)(H,24,28);1H4;1H/t13-,15?,16-,18?;12-,14?,15-,17?;;/m00../s1. The summed E-state index contributed by atoms with van der Waals surface area (Å²) in [5, 5.41) is 39.7. The molecule has 0 saturated carbocycles. The molecule has 0 aromatic heterocycles. The first-order valence-corrected chi connectivity index (χ1v) is 25.8. The van der Waals surface area contributed by atoms with Crippen molar-refractivity contribution in [2.75, 3.05) is 56.2 Å². The summed E-state index contributed by atoms with van der Waals surface area (Å²) in [4.78, 5) is 98.8. The van der Waals surface area contributed by atoms with Crippen molar-refractivity contribution in [1.82, 2.24) is 42.1 Å². The molecule has 2 spiro atoms. The molecule has 6 amide bonds. The number of carbonyl (C=O) groups excluding carboxylic acids is 8. The second-order valence-electron chi connectivity index (χ2n) is 16.6. The quantitative estimate of drug-likeness (QED) is 0.0822. The number of aliphatic hydroxyl groups excluding tert-OH is 2. The fraction of sp³-hybridized carbons (Fsp3) is 0.810. The molecule has 65 heavy (non-hydrogen) atoms. The van der Waals surface area contributed by atoms with E-state index in [0.29, 0.717) is 32.1 Å². The van der Waals surface area contributed by atoms with Gasteiger partial charge in [-0.15, -0.1) is 59.5 Å². The molecule has 4 fully saturated rings. The van der Waals surface area contributed by atoms with Crippen LogP contribution >= 0.6 is 59.5 Å². The first-order valence-electron chi connectivity index (χ1n) is 21.9. The number of likely N-dealkylation sites (N-methyl/N-ethyl adjacent to an activating group) is 1. The minimum atomic E-state index is -1.48. The fourth-order valence-corrected chi connectivity index (χ4v) is 14.1. The van der Waals surface area contributed by atoms with Crippen LogP contribution in [0.1, 0.15) is 100 Å². The maximum absolute atomic E-state index is 13.0. The number of likely N-dealkylation sites (tertiary alicyclic amines) is 1. The maximum atomic E-state index is 13.0. The number of Topliss-reactive ketones (excluding diaryl/α,β-unsaturated/α-hetero) is 2. The summed E-state index contributed by atoms with van der Waals surface area (Å²) < 4.78 is 0.0660. The Labute approximate surface area is 408 Å². The smallest absolute Gasteiger partial charge is 0.251 e. The second kappa shape index (κ2) is 29.5. The normalized spacial score (nSPS) is 22.4. The Hall–Kier alpha value is -2.31. The van der Waals surface area contributed by atoms with E-state index in [0.717, 1.165) is 42.5 Å². The Morgan fingerprint density at radius 2 is 1.09 bits per heavy atom. The molecule has 18 nitrogen and oxygen atoms in total. The molecular formula is C42H75ClN8O10S4. The van der Waals surface area contributed by atoms with Gasteiger partial charge in [0.1, 0.15) is 0 Å². The van der Waals surface area contributed by atoms with Crippen molar-refractivity contribution in [3.05, 3.63) is 0 Å². The monoisotopic (exact) mass is 1010 g/mol. The van der Waals surface area contributed by atoms with E-state index in [1.165, 1.54) is 26.7 Å². The van der Waals surface area contributed by atoms with E-state index in [4.69, 9.17) is 0 Å². The summed E-state index contributed by atoms with van der Waals surface area (Å²) in [5.41, 5.74) is 0. The van der Waals surface area contributed by atoms with Crippen molar-refractivity contribution in [2.45, 2.75) is 157 Å². The highest BCUT2D eigenvalue weighted by molar-refractivity contribution is 8.19. The molecule has 4 aliphatic rings. The van der Waals surface area contributed by atoms with E-state index >= 15 is 0 Å². The van der Waals surface area contributed by atoms with Gasteiger partial charge in [0, 0.05) is 13.1 Å². The molecule has 0 aromatic rings. The molecule has 4 unspecified atom stereocenters. The van der Waals surface area contributed by atoms with Gasteiger partial charge in [0.15, 0.2) is 23.8 Å². The Morgan fingerprint density at radius 1 is 0.677 bits per heavy atom. The van der Waals surface area contributed by atoms with Gasteiger partial charge in [-0.1, -0.05) is 34.1 Å². The Balaban J connectivity index is 0.000000631. The highest BCUT2D eigenvalue weighted by Crippen LogP contribution is 2.50. The third-order valence-electron chi connectivity index (χ3n) is 11.3. The van der Waals surface area contributed by atoms with Gasteiger partial charge in [0.25, 0.3) is 11.8 Å². The van der Waals surface area contributed by atoms with E-state index in [-0.39, 0.29) is 76.5 Å². The molecule has 374 valence electrons. The lowest BCUT2D eigenvalue weighted by Gasteiger charge is -2.31. The number of ketones is 2. The maximum Gasteiger partial charge on any atom is 0.251 e. The number of halogens is 1. The number of hydrogen-bond acceptors (Lipinski definition) is 16. The summed E-state index contributed by atoms with van der Waals surface area (Å²) in [6, 6.07) is -3.45. The Morgan fingerprint density at radius 3 is 1.51 bits per heavy atom. The van der Waals surface area contributed by atoms with Crippen molar-refractivity contribution in [3.63, 3.8) is 0 Å². The van der Waals surface area contributed by atoms with Crippen LogP contribution in [0.3, 0.4) is 0 Å². The lowest BCUT2D eigenvalue weighted by atomic mass is 10.0. The van der Waals surface area contributed by atoms with Crippen molar-refractivity contribution in [3.8, 4) is 0 Å². The lowest BCUT2D eigenvalue weighted by Crippen LogP contribution is -2.55. The van der Waals surface area contributed by atoms with Crippen molar-refractivity contribution >= 4 is 106 Å². The first kappa shape index (κ1) is 60.7. The molecule has 0 bridgehead atoms. The van der Waals surface area contributed by atoms with Gasteiger partial charge in [0.05, 0.1) is 57.5 Å². The van der Waals surface area contributed by atoms with E-state index in [1.54, 1.807) is 13.8 Å². The minimum absolute atomic E-state index is 0. The van der Waals surface area contributed by atoms with Crippen LogP contribution in [-0.4, -0.2) is 175 Å². The molecule has 0 aliphatic carbocycles. The molecular weight excluding hydrogens is 940 g/mol. The molecule has 4 heterocycles. The predicted molar refractivity (Wildman–Crippen MR) is 264 cm³/mol. The lowest BCUT2D eigenvalue weighted by molar-refractivity contribution is -0.135. The number of aliphatic hydroxyl groups is 2. The molecule has 0 radical (unpaired) electrons. The van der Waals surface area contributed by atoms with Crippen LogP contribution in [0.5, 0.6) is 0 Å². The number of nitrogens with zero attached hydrogens (tertiary/aromatic N) is 1. The van der Waals surface area contributed by atoms with Crippen molar-refractivity contribution < 1.29 is 48.6 Å². The van der Waals surface area contributed by atoms with E-state index < -0.39 is 60.0 Å². The molecule has 4 rings (SSSR count). The van der Waals surface area contributed by atoms with E-state index in [2.05, 4.69) is 42.1 Å². The van der Waals surface area contributed by atoms with Crippen molar-refractivity contribution in [1.29, 1.82) is 0 Å². The molecule has 4 saturated heterocycles. The third-order valence-corrected chi connectivity index (χ3v) is 18.0. The van der Waals surface area contributed by atoms with Gasteiger partial charge in [-0.25, -0.2) is 0 Å². The Bertz CT molecular complexity index is 1610. The average Bonchev–Trinajstić information content (AvgIpc) is 3.80. The number of carbonyl (C=O) groups is 8. The summed E-state index contributed by atoms with van der Waals surface area (Å²) >= 11 is 7.64. The van der Waals surface area contributed by atoms with Gasteiger partial charge < -0.3 is 47.4 Å². The van der Waals surface area contributed by atoms with Gasteiger partial charge in [-0.2, -0.15) is 0 Å². The van der Waals surface area contributed by atoms with Gasteiger partial charge >= 0.3 is 0 Å². The molecule has 8 atom stereocenters. The van der Waals surface area contributed by atoms with Gasteiger partial charge in [0.2, 0.25) is 23.6 Å². The van der Waals surface area contributed by atoms with E-state index in [9.17, 15) is 48.6 Å². The third kappa shape index (κ3) is 19.3. The van der Waals surface area contributed by atoms with Crippen LogP contribution in [-0.2, 0) is 38.4 Å². The summed E-state index contributed by atoms with van der Waals surface area (Å²) in [6.07, 6.45) is 3.05. The zero-order valence-electron chi connectivity index (χ0n) is 38.1. The zero-order valence-corrected chi connectivity index (χ0v) is 42.2. The summed E-state index contributed by atoms with van der Waals surface area (Å²) in [5.74, 6) is 1.08. The second-order valence-corrected chi connectivity index (χ2v) is 23.1. The average molecular weight is 1020 g/mol. The summed E-state index contributed by atoms with van der Waals surface area (Å²) in [7, 11) is 1.94. The number of hydrogen-bond donors (Lipinski definition) is 9. The van der Waals surface area contributed by atoms with Crippen LogP contribution in [0.4, 0.5) is 0 Å². The molecule has 0 aromatic carbocycles. The largest absolute Gasteiger partial charge is 0.381 e. The molecule has 9 N–H and O–H groups in total. The van der Waals surface area contributed by atoms with Crippen LogP contribution in [0.2, 0.25) is 0 Å². The van der Waals surface area contributed by atoms with Gasteiger partial charge in [-0.3, -0.25) is 43.3 Å². The number of thioether (sulfide) groups is 4. The minimum Gasteiger partial charge on any atom is -0.381 e. The first-order chi connectivity index (χ1) is 29.8. The van der Waals surface area contributed by atoms with Crippen LogP contribution < -0.4 is 37.2 Å². The van der Waals surface area contributed by atoms with Crippen LogP contribution in [0.25, 0.3) is 0 Å². The number of amides is 6. The van der Waals surface area contributed by atoms with Crippen LogP contribution in [0, 0.1) is 0 Å².